The highest BCUT2D eigenvalue weighted by molar-refractivity contribution is 7.98. The first-order chi connectivity index (χ1) is 11.7. The lowest BCUT2D eigenvalue weighted by molar-refractivity contribution is 0.164. The first kappa shape index (κ1) is 18.7. The van der Waals surface area contributed by atoms with Gasteiger partial charge in [-0.3, -0.25) is 4.98 Å². The summed E-state index contributed by atoms with van der Waals surface area (Å²) in [6, 6.07) is 14.2. The molecule has 0 aliphatic heterocycles. The summed E-state index contributed by atoms with van der Waals surface area (Å²) >= 11 is 7.36. The molecule has 4 nitrogen and oxygen atoms in total. The van der Waals surface area contributed by atoms with E-state index in [1.165, 1.54) is 4.90 Å². The number of benzene rings is 1. The van der Waals surface area contributed by atoms with Crippen LogP contribution in [0.15, 0.2) is 53.6 Å². The monoisotopic (exact) mass is 361 g/mol. The number of anilines is 1. The smallest absolute Gasteiger partial charge is 0.174 e. The van der Waals surface area contributed by atoms with Crippen molar-refractivity contribution >= 4 is 34.8 Å². The number of thiocarbonyl (C=S) groups is 1. The van der Waals surface area contributed by atoms with E-state index in [1.54, 1.807) is 25.1 Å². The number of hydrogen-bond donors (Lipinski definition) is 1. The Hall–Kier alpha value is -1.63. The molecule has 1 aromatic heterocycles. The van der Waals surface area contributed by atoms with Gasteiger partial charge in [0.1, 0.15) is 0 Å². The molecule has 128 valence electrons. The van der Waals surface area contributed by atoms with Crippen LogP contribution in [-0.2, 0) is 4.74 Å². The first-order valence-electron chi connectivity index (χ1n) is 7.77. The Morgan fingerprint density at radius 1 is 1.33 bits per heavy atom. The summed E-state index contributed by atoms with van der Waals surface area (Å²) in [5.41, 5.74) is 1.97. The van der Waals surface area contributed by atoms with Crippen LogP contribution >= 0.6 is 24.0 Å². The minimum Gasteiger partial charge on any atom is -0.383 e. The van der Waals surface area contributed by atoms with Crippen molar-refractivity contribution in [3.8, 4) is 0 Å². The molecule has 0 amide bonds. The van der Waals surface area contributed by atoms with Gasteiger partial charge in [0.25, 0.3) is 0 Å². The highest BCUT2D eigenvalue weighted by Crippen LogP contribution is 2.22. The fourth-order valence-corrected chi connectivity index (χ4v) is 3.17. The third-order valence-corrected chi connectivity index (χ3v) is 4.76. The molecule has 0 spiro atoms. The second kappa shape index (κ2) is 9.61. The van der Waals surface area contributed by atoms with Crippen molar-refractivity contribution in [2.45, 2.75) is 17.9 Å². The fourth-order valence-electron chi connectivity index (χ4n) is 2.34. The number of hydrogen-bond acceptors (Lipinski definition) is 4. The molecule has 2 aromatic rings. The van der Waals surface area contributed by atoms with Crippen LogP contribution in [0.2, 0.25) is 0 Å². The second-order valence-corrected chi connectivity index (χ2v) is 6.55. The predicted molar refractivity (Wildman–Crippen MR) is 106 cm³/mol. The largest absolute Gasteiger partial charge is 0.383 e. The predicted octanol–water partition coefficient (Wildman–Crippen LogP) is 4.21. The minimum atomic E-state index is 0.0603. The molecule has 1 atom stereocenters. The zero-order valence-electron chi connectivity index (χ0n) is 14.2. The maximum atomic E-state index is 5.65. The van der Waals surface area contributed by atoms with E-state index in [1.807, 2.05) is 30.3 Å². The number of nitrogens with zero attached hydrogens (tertiary/aromatic N) is 2. The van der Waals surface area contributed by atoms with Gasteiger partial charge >= 0.3 is 0 Å². The van der Waals surface area contributed by atoms with Gasteiger partial charge in [0.15, 0.2) is 5.11 Å². The summed E-state index contributed by atoms with van der Waals surface area (Å²) in [4.78, 5) is 7.75. The highest BCUT2D eigenvalue weighted by Gasteiger charge is 2.19. The molecule has 24 heavy (non-hydrogen) atoms. The van der Waals surface area contributed by atoms with Crippen molar-refractivity contribution in [1.82, 2.24) is 9.88 Å². The van der Waals surface area contributed by atoms with Crippen LogP contribution in [0.3, 0.4) is 0 Å². The number of rotatable bonds is 7. The molecule has 0 saturated heterocycles. The van der Waals surface area contributed by atoms with Crippen LogP contribution in [-0.4, -0.2) is 41.5 Å². The van der Waals surface area contributed by atoms with Gasteiger partial charge in [0.05, 0.1) is 18.3 Å². The van der Waals surface area contributed by atoms with E-state index in [9.17, 15) is 0 Å². The summed E-state index contributed by atoms with van der Waals surface area (Å²) in [6.45, 7) is 3.40. The van der Waals surface area contributed by atoms with E-state index in [-0.39, 0.29) is 6.04 Å². The van der Waals surface area contributed by atoms with E-state index in [2.05, 4.69) is 40.5 Å². The lowest BCUT2D eigenvalue weighted by Gasteiger charge is -2.31. The molecule has 0 aliphatic rings. The molecule has 0 bridgehead atoms. The maximum absolute atomic E-state index is 5.65. The molecule has 0 aliphatic carbocycles. The van der Waals surface area contributed by atoms with E-state index in [0.29, 0.717) is 18.3 Å². The van der Waals surface area contributed by atoms with Crippen molar-refractivity contribution in [1.29, 1.82) is 0 Å². The van der Waals surface area contributed by atoms with Gasteiger partial charge < -0.3 is 15.0 Å². The van der Waals surface area contributed by atoms with E-state index in [0.717, 1.165) is 11.4 Å². The Kier molecular flexibility index (Phi) is 7.49. The molecular weight excluding hydrogens is 338 g/mol. The van der Waals surface area contributed by atoms with E-state index >= 15 is 0 Å². The second-order valence-electron chi connectivity index (χ2n) is 5.28. The van der Waals surface area contributed by atoms with Gasteiger partial charge in [-0.15, -0.1) is 11.8 Å². The van der Waals surface area contributed by atoms with E-state index in [4.69, 9.17) is 17.0 Å². The average molecular weight is 362 g/mol. The molecule has 1 N–H and O–H groups in total. The molecule has 0 saturated carbocycles. The van der Waals surface area contributed by atoms with Crippen molar-refractivity contribution in [2.75, 3.05) is 31.8 Å². The highest BCUT2D eigenvalue weighted by atomic mass is 32.2. The van der Waals surface area contributed by atoms with Crippen LogP contribution < -0.4 is 5.32 Å². The number of nitrogens with one attached hydrogen (secondary N) is 1. The van der Waals surface area contributed by atoms with Crippen LogP contribution in [0.4, 0.5) is 5.69 Å². The van der Waals surface area contributed by atoms with Crippen molar-refractivity contribution in [3.63, 3.8) is 0 Å². The Morgan fingerprint density at radius 2 is 2.17 bits per heavy atom. The van der Waals surface area contributed by atoms with Crippen LogP contribution in [0, 0.1) is 0 Å². The summed E-state index contributed by atoms with van der Waals surface area (Å²) in [7, 11) is 1.70. The van der Waals surface area contributed by atoms with Crippen molar-refractivity contribution in [2.24, 2.45) is 0 Å². The number of ether oxygens (including phenoxy) is 1. The topological polar surface area (TPSA) is 37.4 Å². The minimum absolute atomic E-state index is 0.0603. The number of aromatic nitrogens is 1. The third kappa shape index (κ3) is 5.19. The fraction of sp³-hybridized carbons (Fsp3) is 0.333. The molecule has 1 heterocycles. The maximum Gasteiger partial charge on any atom is 0.174 e. The average Bonchev–Trinajstić information content (AvgIpc) is 2.62. The molecule has 1 aromatic carbocycles. The van der Waals surface area contributed by atoms with Crippen molar-refractivity contribution in [3.05, 3.63) is 54.4 Å². The quantitative estimate of drug-likeness (QED) is 0.588. The SMILES string of the molecule is COCCN(C(=S)Nc1cccc(SC)c1)[C@H](C)c1ccccn1. The Bertz CT molecular complexity index is 652. The third-order valence-electron chi connectivity index (χ3n) is 3.70. The molecule has 0 fully saturated rings. The van der Waals surface area contributed by atoms with Gasteiger partial charge in [-0.2, -0.15) is 0 Å². The zero-order chi connectivity index (χ0) is 17.4. The summed E-state index contributed by atoms with van der Waals surface area (Å²) in [6.07, 6.45) is 3.87. The van der Waals surface area contributed by atoms with Gasteiger partial charge in [0, 0.05) is 30.4 Å². The molecule has 6 heteroatoms. The normalized spacial score (nSPS) is 11.8. The number of methoxy groups -OCH3 is 1. The Labute approximate surface area is 153 Å². The molecule has 0 unspecified atom stereocenters. The molecular formula is C18H23N3OS2. The summed E-state index contributed by atoms with van der Waals surface area (Å²) in [5.74, 6) is 0. The van der Waals surface area contributed by atoms with Gasteiger partial charge in [-0.05, 0) is 55.7 Å². The first-order valence-corrected chi connectivity index (χ1v) is 9.40. The van der Waals surface area contributed by atoms with Crippen LogP contribution in [0.5, 0.6) is 0 Å². The van der Waals surface area contributed by atoms with Gasteiger partial charge in [0.2, 0.25) is 0 Å². The number of thioether (sulfide) groups is 1. The Balaban J connectivity index is 2.15. The lowest BCUT2D eigenvalue weighted by atomic mass is 10.2. The molecule has 2 rings (SSSR count). The standard InChI is InChI=1S/C18H23N3OS2/c1-14(17-9-4-5-10-19-17)21(11-12-22-2)18(23)20-15-7-6-8-16(13-15)24-3/h4-10,13-14H,11-12H2,1-3H3,(H,20,23)/t14-/m1/s1. The number of pyridine rings is 1. The van der Waals surface area contributed by atoms with E-state index < -0.39 is 0 Å². The zero-order valence-corrected chi connectivity index (χ0v) is 15.9. The van der Waals surface area contributed by atoms with Gasteiger partial charge in [-0.25, -0.2) is 0 Å². The van der Waals surface area contributed by atoms with Gasteiger partial charge in [-0.1, -0.05) is 12.1 Å². The molecule has 0 radical (unpaired) electrons. The summed E-state index contributed by atoms with van der Waals surface area (Å²) < 4.78 is 5.24. The summed E-state index contributed by atoms with van der Waals surface area (Å²) in [5, 5.41) is 4.01. The van der Waals surface area contributed by atoms with Crippen molar-refractivity contribution < 1.29 is 4.74 Å². The van der Waals surface area contributed by atoms with Crippen LogP contribution in [0.25, 0.3) is 0 Å². The van der Waals surface area contributed by atoms with Crippen LogP contribution in [0.1, 0.15) is 18.7 Å². The lowest BCUT2D eigenvalue weighted by Crippen LogP contribution is -2.39. The Morgan fingerprint density at radius 3 is 2.83 bits per heavy atom.